The van der Waals surface area contributed by atoms with Gasteiger partial charge in [0.25, 0.3) is 0 Å². The zero-order valence-corrected chi connectivity index (χ0v) is 9.64. The average molecular weight is 221 g/mol. The van der Waals surface area contributed by atoms with Gasteiger partial charge in [-0.15, -0.1) is 0 Å². The van der Waals surface area contributed by atoms with Crippen molar-refractivity contribution >= 4 is 9.84 Å². The standard InChI is InChI=1S/C9H19NO3S/c1-3-14(11,12)5-8-4-9(8,6-10)7-13-2/h8H,3-7,10H2,1-2H3/t8-,9+/m1/s1. The molecule has 0 aliphatic heterocycles. The number of rotatable bonds is 6. The van der Waals surface area contributed by atoms with E-state index in [9.17, 15) is 8.42 Å². The maximum absolute atomic E-state index is 11.4. The minimum atomic E-state index is -2.87. The molecule has 0 aromatic rings. The summed E-state index contributed by atoms with van der Waals surface area (Å²) >= 11 is 0. The molecule has 1 saturated carbocycles. The SMILES string of the molecule is CCS(=O)(=O)C[C@H]1C[C@]1(CN)COC. The van der Waals surface area contributed by atoms with Crippen molar-refractivity contribution < 1.29 is 13.2 Å². The summed E-state index contributed by atoms with van der Waals surface area (Å²) in [5.41, 5.74) is 5.57. The highest BCUT2D eigenvalue weighted by molar-refractivity contribution is 7.91. The summed E-state index contributed by atoms with van der Waals surface area (Å²) in [6, 6.07) is 0. The maximum Gasteiger partial charge on any atom is 0.150 e. The number of nitrogens with two attached hydrogens (primary N) is 1. The normalized spacial score (nSPS) is 31.8. The molecule has 0 amide bonds. The second-order valence-corrected chi connectivity index (χ2v) is 6.50. The molecule has 0 bridgehead atoms. The molecule has 0 saturated heterocycles. The lowest BCUT2D eigenvalue weighted by atomic mass is 10.1. The van der Waals surface area contributed by atoms with Crippen LogP contribution in [0.5, 0.6) is 0 Å². The number of hydrogen-bond acceptors (Lipinski definition) is 4. The highest BCUT2D eigenvalue weighted by atomic mass is 32.2. The van der Waals surface area contributed by atoms with Crippen molar-refractivity contribution in [3.05, 3.63) is 0 Å². The summed E-state index contributed by atoms with van der Waals surface area (Å²) in [6.45, 7) is 2.77. The van der Waals surface area contributed by atoms with Crippen LogP contribution in [0.1, 0.15) is 13.3 Å². The molecular formula is C9H19NO3S. The minimum absolute atomic E-state index is 0.0585. The fraction of sp³-hybridized carbons (Fsp3) is 1.00. The number of methoxy groups -OCH3 is 1. The molecule has 0 aromatic heterocycles. The van der Waals surface area contributed by atoms with E-state index in [0.29, 0.717) is 13.2 Å². The van der Waals surface area contributed by atoms with Crippen LogP contribution in [-0.4, -0.2) is 40.2 Å². The first-order valence-electron chi connectivity index (χ1n) is 4.89. The van der Waals surface area contributed by atoms with Crippen LogP contribution < -0.4 is 5.73 Å². The Balaban J connectivity index is 2.52. The zero-order chi connectivity index (χ0) is 10.8. The summed E-state index contributed by atoms with van der Waals surface area (Å²) in [5, 5.41) is 0. The molecule has 0 aromatic carbocycles. The Morgan fingerprint density at radius 3 is 2.64 bits per heavy atom. The van der Waals surface area contributed by atoms with E-state index in [1.54, 1.807) is 14.0 Å². The van der Waals surface area contributed by atoms with Crippen molar-refractivity contribution in [1.82, 2.24) is 0 Å². The van der Waals surface area contributed by atoms with Crippen molar-refractivity contribution in [2.24, 2.45) is 17.1 Å². The maximum atomic E-state index is 11.4. The van der Waals surface area contributed by atoms with E-state index < -0.39 is 9.84 Å². The zero-order valence-electron chi connectivity index (χ0n) is 8.82. The van der Waals surface area contributed by atoms with Gasteiger partial charge in [-0.1, -0.05) is 6.92 Å². The fourth-order valence-corrected chi connectivity index (χ4v) is 3.19. The number of hydrogen-bond donors (Lipinski definition) is 1. The molecule has 14 heavy (non-hydrogen) atoms. The minimum Gasteiger partial charge on any atom is -0.384 e. The molecule has 1 aliphatic rings. The molecule has 5 heteroatoms. The van der Waals surface area contributed by atoms with E-state index in [1.807, 2.05) is 0 Å². The van der Waals surface area contributed by atoms with Crippen LogP contribution in [-0.2, 0) is 14.6 Å². The van der Waals surface area contributed by atoms with E-state index in [-0.39, 0.29) is 22.8 Å². The third kappa shape index (κ3) is 2.46. The van der Waals surface area contributed by atoms with E-state index in [1.165, 1.54) is 0 Å². The molecular weight excluding hydrogens is 202 g/mol. The first-order chi connectivity index (χ1) is 6.49. The van der Waals surface area contributed by atoms with Gasteiger partial charge in [0, 0.05) is 24.8 Å². The van der Waals surface area contributed by atoms with Crippen molar-refractivity contribution in [2.75, 3.05) is 31.8 Å². The summed E-state index contributed by atoms with van der Waals surface area (Å²) in [4.78, 5) is 0. The molecule has 4 nitrogen and oxygen atoms in total. The number of ether oxygens (including phenoxy) is 1. The lowest BCUT2D eigenvalue weighted by Crippen LogP contribution is -2.25. The van der Waals surface area contributed by atoms with Crippen molar-refractivity contribution in [2.45, 2.75) is 13.3 Å². The molecule has 84 valence electrons. The average Bonchev–Trinajstić information content (AvgIpc) is 2.79. The van der Waals surface area contributed by atoms with Crippen LogP contribution in [0.25, 0.3) is 0 Å². The van der Waals surface area contributed by atoms with Gasteiger partial charge in [-0.2, -0.15) is 0 Å². The van der Waals surface area contributed by atoms with Crippen molar-refractivity contribution in [3.8, 4) is 0 Å². The fourth-order valence-electron chi connectivity index (χ4n) is 1.87. The van der Waals surface area contributed by atoms with E-state index in [4.69, 9.17) is 10.5 Å². The summed E-state index contributed by atoms with van der Waals surface area (Å²) in [7, 11) is -1.24. The van der Waals surface area contributed by atoms with Gasteiger partial charge in [-0.25, -0.2) is 8.42 Å². The molecule has 2 atom stereocenters. The Morgan fingerprint density at radius 1 is 1.57 bits per heavy atom. The van der Waals surface area contributed by atoms with Crippen LogP contribution >= 0.6 is 0 Å². The van der Waals surface area contributed by atoms with Gasteiger partial charge < -0.3 is 10.5 Å². The molecule has 0 spiro atoms. The largest absolute Gasteiger partial charge is 0.384 e. The van der Waals surface area contributed by atoms with Crippen molar-refractivity contribution in [1.29, 1.82) is 0 Å². The lowest BCUT2D eigenvalue weighted by Gasteiger charge is -2.13. The molecule has 1 rings (SSSR count). The quantitative estimate of drug-likeness (QED) is 0.687. The van der Waals surface area contributed by atoms with Gasteiger partial charge in [0.05, 0.1) is 12.4 Å². The Kier molecular flexibility index (Phi) is 3.55. The van der Waals surface area contributed by atoms with Crippen LogP contribution in [0.15, 0.2) is 0 Å². The Hall–Kier alpha value is -0.130. The first kappa shape index (κ1) is 11.9. The molecule has 0 heterocycles. The monoisotopic (exact) mass is 221 g/mol. The van der Waals surface area contributed by atoms with Crippen LogP contribution in [0.3, 0.4) is 0 Å². The van der Waals surface area contributed by atoms with Gasteiger partial charge in [0.15, 0.2) is 0 Å². The summed E-state index contributed by atoms with van der Waals surface area (Å²) in [5.74, 6) is 0.693. The predicted molar refractivity (Wildman–Crippen MR) is 55.8 cm³/mol. The highest BCUT2D eigenvalue weighted by Crippen LogP contribution is 2.52. The number of sulfone groups is 1. The molecule has 0 unspecified atom stereocenters. The van der Waals surface area contributed by atoms with Crippen molar-refractivity contribution in [3.63, 3.8) is 0 Å². The molecule has 1 aliphatic carbocycles. The van der Waals surface area contributed by atoms with Crippen LogP contribution in [0.4, 0.5) is 0 Å². The summed E-state index contributed by atoms with van der Waals surface area (Å²) in [6.07, 6.45) is 0.885. The topological polar surface area (TPSA) is 69.4 Å². The Labute approximate surface area is 85.7 Å². The smallest absolute Gasteiger partial charge is 0.150 e. The predicted octanol–water partition coefficient (Wildman–Crippen LogP) is 0.0325. The van der Waals surface area contributed by atoms with Crippen LogP contribution in [0.2, 0.25) is 0 Å². The van der Waals surface area contributed by atoms with E-state index in [0.717, 1.165) is 6.42 Å². The van der Waals surface area contributed by atoms with E-state index >= 15 is 0 Å². The van der Waals surface area contributed by atoms with E-state index in [2.05, 4.69) is 0 Å². The Bertz CT molecular complexity index is 288. The molecule has 1 fully saturated rings. The Morgan fingerprint density at radius 2 is 2.21 bits per heavy atom. The third-order valence-corrected chi connectivity index (χ3v) is 4.88. The van der Waals surface area contributed by atoms with Gasteiger partial charge in [0.1, 0.15) is 9.84 Å². The first-order valence-corrected chi connectivity index (χ1v) is 6.71. The second kappa shape index (κ2) is 4.16. The lowest BCUT2D eigenvalue weighted by molar-refractivity contribution is 0.138. The third-order valence-electron chi connectivity index (χ3n) is 3.09. The van der Waals surface area contributed by atoms with Gasteiger partial charge in [-0.3, -0.25) is 0 Å². The van der Waals surface area contributed by atoms with Gasteiger partial charge in [0.2, 0.25) is 0 Å². The molecule has 0 radical (unpaired) electrons. The van der Waals surface area contributed by atoms with Crippen LogP contribution in [0, 0.1) is 11.3 Å². The second-order valence-electron chi connectivity index (χ2n) is 4.10. The summed E-state index contributed by atoms with van der Waals surface area (Å²) < 4.78 is 27.8. The van der Waals surface area contributed by atoms with Gasteiger partial charge >= 0.3 is 0 Å². The molecule has 2 N–H and O–H groups in total. The van der Waals surface area contributed by atoms with Gasteiger partial charge in [-0.05, 0) is 12.3 Å². The highest BCUT2D eigenvalue weighted by Gasteiger charge is 2.54.